The molecule has 0 aliphatic rings. The van der Waals surface area contributed by atoms with Crippen molar-refractivity contribution in [3.63, 3.8) is 0 Å². The lowest BCUT2D eigenvalue weighted by Gasteiger charge is -2.18. The first-order valence-electron chi connectivity index (χ1n) is 17.8. The molecule has 2 heterocycles. The van der Waals surface area contributed by atoms with Crippen LogP contribution in [0.1, 0.15) is 0 Å². The molecule has 0 saturated heterocycles. The van der Waals surface area contributed by atoms with Crippen molar-refractivity contribution in [2.75, 3.05) is 0 Å². The van der Waals surface area contributed by atoms with Crippen molar-refractivity contribution in [2.24, 2.45) is 0 Å². The molecule has 0 aliphatic heterocycles. The topological polar surface area (TPSA) is 13.1 Å². The van der Waals surface area contributed by atoms with Gasteiger partial charge >= 0.3 is 0 Å². The number of hydrogen-bond acceptors (Lipinski definition) is 2. The van der Waals surface area contributed by atoms with Crippen LogP contribution in [0.5, 0.6) is 0 Å². The molecule has 11 aromatic rings. The maximum Gasteiger partial charge on any atom is 0.135 e. The van der Waals surface area contributed by atoms with Crippen LogP contribution >= 0.6 is 11.3 Å². The van der Waals surface area contributed by atoms with Crippen LogP contribution in [-0.4, -0.2) is 0 Å². The largest absolute Gasteiger partial charge is 0.456 e. The number of rotatable bonds is 4. The Morgan fingerprint density at radius 1 is 0.308 bits per heavy atom. The number of hydrogen-bond donors (Lipinski definition) is 0. The zero-order valence-electron chi connectivity index (χ0n) is 28.1. The highest BCUT2D eigenvalue weighted by atomic mass is 32.1. The Bertz CT molecular complexity index is 3120. The number of para-hydroxylation sites is 1. The maximum atomic E-state index is 6.10. The van der Waals surface area contributed by atoms with E-state index in [1.807, 2.05) is 23.5 Å². The molecule has 0 amide bonds. The highest BCUT2D eigenvalue weighted by Gasteiger charge is 2.18. The maximum absolute atomic E-state index is 6.10. The van der Waals surface area contributed by atoms with E-state index in [0.717, 1.165) is 21.9 Å². The van der Waals surface area contributed by atoms with Crippen molar-refractivity contribution < 1.29 is 4.42 Å². The van der Waals surface area contributed by atoms with Gasteiger partial charge in [-0.1, -0.05) is 152 Å². The summed E-state index contributed by atoms with van der Waals surface area (Å²) in [5.41, 5.74) is 11.7. The smallest absolute Gasteiger partial charge is 0.135 e. The molecule has 0 aliphatic carbocycles. The molecule has 0 bridgehead atoms. The lowest BCUT2D eigenvalue weighted by molar-refractivity contribution is 0.669. The standard InChI is InChI=1S/C50H30OS/c1-3-17-41-39(15-1)48(32-25-23-31(24-26-32)33-27-28-46-44(30-33)37-13-5-7-21-45(37)51-46)40-16-2-4-18-42(40)49(41)35-12-9-11-34(29-35)36-19-10-20-43-38-14-6-8-22-47(38)52-50(36)43/h1-30H. The number of furan rings is 1. The second-order valence-electron chi connectivity index (χ2n) is 13.6. The highest BCUT2D eigenvalue weighted by molar-refractivity contribution is 7.26. The second kappa shape index (κ2) is 11.5. The molecule has 0 fully saturated rings. The van der Waals surface area contributed by atoms with E-state index in [4.69, 9.17) is 4.42 Å². The van der Waals surface area contributed by atoms with Crippen molar-refractivity contribution in [2.45, 2.75) is 0 Å². The van der Waals surface area contributed by atoms with Gasteiger partial charge in [0, 0.05) is 30.9 Å². The van der Waals surface area contributed by atoms with Crippen LogP contribution in [0.25, 0.3) is 108 Å². The van der Waals surface area contributed by atoms with Crippen LogP contribution < -0.4 is 0 Å². The SMILES string of the molecule is c1cc(-c2c3ccccc3c(-c3ccc(-c4ccc5oc6ccccc6c5c4)cc3)c3ccccc23)cc(-c2cccc3c2sc2ccccc23)c1. The fraction of sp³-hybridized carbons (Fsp3) is 0. The van der Waals surface area contributed by atoms with Crippen LogP contribution in [0.3, 0.4) is 0 Å². The van der Waals surface area contributed by atoms with E-state index in [9.17, 15) is 0 Å². The first-order chi connectivity index (χ1) is 25.8. The van der Waals surface area contributed by atoms with Gasteiger partial charge in [0.2, 0.25) is 0 Å². The third-order valence-corrected chi connectivity index (χ3v) is 11.9. The van der Waals surface area contributed by atoms with Gasteiger partial charge in [-0.2, -0.15) is 0 Å². The predicted molar refractivity (Wildman–Crippen MR) is 223 cm³/mol. The predicted octanol–water partition coefficient (Wildman–Crippen LogP) is 14.9. The van der Waals surface area contributed by atoms with Crippen molar-refractivity contribution in [1.29, 1.82) is 0 Å². The minimum absolute atomic E-state index is 0.919. The molecule has 9 aromatic carbocycles. The molecule has 11 rings (SSSR count). The van der Waals surface area contributed by atoms with E-state index in [1.54, 1.807) is 0 Å². The van der Waals surface area contributed by atoms with Gasteiger partial charge in [0.15, 0.2) is 0 Å². The van der Waals surface area contributed by atoms with Gasteiger partial charge in [-0.15, -0.1) is 11.3 Å². The molecule has 242 valence electrons. The Morgan fingerprint density at radius 3 is 1.60 bits per heavy atom. The number of benzene rings is 9. The van der Waals surface area contributed by atoms with Gasteiger partial charge < -0.3 is 4.42 Å². The fourth-order valence-corrected chi connectivity index (χ4v) is 9.54. The normalized spacial score (nSPS) is 11.8. The van der Waals surface area contributed by atoms with Crippen molar-refractivity contribution in [3.8, 4) is 44.5 Å². The summed E-state index contributed by atoms with van der Waals surface area (Å²) in [5, 5.41) is 9.98. The average molecular weight is 679 g/mol. The van der Waals surface area contributed by atoms with Gasteiger partial charge in [0.25, 0.3) is 0 Å². The Morgan fingerprint density at radius 2 is 0.846 bits per heavy atom. The van der Waals surface area contributed by atoms with Crippen LogP contribution in [0, 0.1) is 0 Å². The van der Waals surface area contributed by atoms with E-state index in [2.05, 4.69) is 170 Å². The molecule has 0 atom stereocenters. The van der Waals surface area contributed by atoms with Gasteiger partial charge in [-0.25, -0.2) is 0 Å². The first-order valence-corrected chi connectivity index (χ1v) is 18.6. The van der Waals surface area contributed by atoms with E-state index in [1.165, 1.54) is 86.2 Å². The molecule has 0 radical (unpaired) electrons. The summed E-state index contributed by atoms with van der Waals surface area (Å²) in [4.78, 5) is 0. The minimum atomic E-state index is 0.919. The van der Waals surface area contributed by atoms with Crippen molar-refractivity contribution in [1.82, 2.24) is 0 Å². The van der Waals surface area contributed by atoms with Crippen LogP contribution in [0.4, 0.5) is 0 Å². The van der Waals surface area contributed by atoms with E-state index in [0.29, 0.717) is 0 Å². The molecule has 0 spiro atoms. The zero-order chi connectivity index (χ0) is 34.2. The summed E-state index contributed by atoms with van der Waals surface area (Å²) >= 11 is 1.89. The van der Waals surface area contributed by atoms with Crippen molar-refractivity contribution in [3.05, 3.63) is 182 Å². The molecule has 2 aromatic heterocycles. The lowest BCUT2D eigenvalue weighted by Crippen LogP contribution is -1.91. The summed E-state index contributed by atoms with van der Waals surface area (Å²) in [7, 11) is 0. The van der Waals surface area contributed by atoms with Crippen LogP contribution in [-0.2, 0) is 0 Å². The Balaban J connectivity index is 1.06. The number of thiophene rings is 1. The summed E-state index contributed by atoms with van der Waals surface area (Å²) < 4.78 is 8.77. The molecule has 0 saturated carbocycles. The average Bonchev–Trinajstić information content (AvgIpc) is 3.78. The molecule has 0 N–H and O–H groups in total. The monoisotopic (exact) mass is 678 g/mol. The third kappa shape index (κ3) is 4.48. The fourth-order valence-electron chi connectivity index (χ4n) is 8.30. The molecule has 2 heteroatoms. The van der Waals surface area contributed by atoms with Gasteiger partial charge in [0.1, 0.15) is 11.2 Å². The Kier molecular flexibility index (Phi) is 6.49. The molecule has 1 nitrogen and oxygen atoms in total. The van der Waals surface area contributed by atoms with E-state index < -0.39 is 0 Å². The molecular formula is C50H30OS. The van der Waals surface area contributed by atoms with E-state index in [-0.39, 0.29) is 0 Å². The summed E-state index contributed by atoms with van der Waals surface area (Å²) in [6.45, 7) is 0. The quantitative estimate of drug-likeness (QED) is 0.169. The summed E-state index contributed by atoms with van der Waals surface area (Å²) in [6.07, 6.45) is 0. The lowest BCUT2D eigenvalue weighted by atomic mass is 9.85. The third-order valence-electron chi connectivity index (χ3n) is 10.7. The molecule has 0 unspecified atom stereocenters. The van der Waals surface area contributed by atoms with E-state index >= 15 is 0 Å². The van der Waals surface area contributed by atoms with Crippen molar-refractivity contribution >= 4 is 75.0 Å². The summed E-state index contributed by atoms with van der Waals surface area (Å²) in [6, 6.07) is 66.3. The minimum Gasteiger partial charge on any atom is -0.456 e. The zero-order valence-corrected chi connectivity index (χ0v) is 29.0. The molecular weight excluding hydrogens is 649 g/mol. The van der Waals surface area contributed by atoms with Gasteiger partial charge in [0.05, 0.1) is 0 Å². The van der Waals surface area contributed by atoms with Crippen LogP contribution in [0.2, 0.25) is 0 Å². The first kappa shape index (κ1) is 29.3. The second-order valence-corrected chi connectivity index (χ2v) is 14.6. The molecule has 52 heavy (non-hydrogen) atoms. The highest BCUT2D eigenvalue weighted by Crippen LogP contribution is 2.46. The Labute approximate surface area is 304 Å². The number of fused-ring (bicyclic) bond motifs is 8. The van der Waals surface area contributed by atoms with Crippen LogP contribution in [0.15, 0.2) is 186 Å². The Hall–Kier alpha value is -6.48. The van der Waals surface area contributed by atoms with Gasteiger partial charge in [-0.05, 0) is 96.4 Å². The van der Waals surface area contributed by atoms with Gasteiger partial charge in [-0.3, -0.25) is 0 Å². The summed E-state index contributed by atoms with van der Waals surface area (Å²) in [5.74, 6) is 0.